The SMILES string of the molecule is Cc1oc(CNCC(C)C)cc1Cn1nccc1C. The molecule has 2 aromatic heterocycles. The Morgan fingerprint density at radius 3 is 2.79 bits per heavy atom. The van der Waals surface area contributed by atoms with Crippen LogP contribution in [-0.4, -0.2) is 16.3 Å². The number of nitrogens with zero attached hydrogens (tertiary/aromatic N) is 2. The van der Waals surface area contributed by atoms with Crippen LogP contribution in [0.2, 0.25) is 0 Å². The van der Waals surface area contributed by atoms with Crippen LogP contribution in [0.1, 0.15) is 36.6 Å². The standard InChI is InChI=1S/C15H23N3O/c1-11(2)8-16-9-15-7-14(13(4)19-15)10-18-12(3)5-6-17-18/h5-7,11,16H,8-10H2,1-4H3. The molecule has 0 saturated carbocycles. The molecule has 0 unspecified atom stereocenters. The third-order valence-corrected chi connectivity index (χ3v) is 3.17. The minimum atomic E-state index is 0.655. The first-order chi connectivity index (χ1) is 9.06. The zero-order valence-electron chi connectivity index (χ0n) is 12.2. The quantitative estimate of drug-likeness (QED) is 0.869. The largest absolute Gasteiger partial charge is 0.465 e. The van der Waals surface area contributed by atoms with Crippen LogP contribution in [0.5, 0.6) is 0 Å². The van der Waals surface area contributed by atoms with Crippen molar-refractivity contribution in [3.63, 3.8) is 0 Å². The second-order valence-corrected chi connectivity index (χ2v) is 5.45. The third-order valence-electron chi connectivity index (χ3n) is 3.17. The summed E-state index contributed by atoms with van der Waals surface area (Å²) in [7, 11) is 0. The first-order valence-corrected chi connectivity index (χ1v) is 6.83. The third kappa shape index (κ3) is 3.70. The van der Waals surface area contributed by atoms with E-state index in [4.69, 9.17) is 4.42 Å². The van der Waals surface area contributed by atoms with Crippen LogP contribution in [0, 0.1) is 19.8 Å². The van der Waals surface area contributed by atoms with Crippen LogP contribution in [0.4, 0.5) is 0 Å². The summed E-state index contributed by atoms with van der Waals surface area (Å²) in [5.74, 6) is 2.64. The molecule has 2 aromatic rings. The summed E-state index contributed by atoms with van der Waals surface area (Å²) in [6, 6.07) is 4.14. The van der Waals surface area contributed by atoms with Crippen LogP contribution < -0.4 is 5.32 Å². The molecule has 0 amide bonds. The summed E-state index contributed by atoms with van der Waals surface area (Å²) in [5.41, 5.74) is 2.37. The van der Waals surface area contributed by atoms with Crippen molar-refractivity contribution in [3.8, 4) is 0 Å². The van der Waals surface area contributed by atoms with Crippen molar-refractivity contribution >= 4 is 0 Å². The Hall–Kier alpha value is -1.55. The monoisotopic (exact) mass is 261 g/mol. The van der Waals surface area contributed by atoms with E-state index in [0.717, 1.165) is 31.2 Å². The van der Waals surface area contributed by atoms with E-state index in [0.29, 0.717) is 5.92 Å². The molecule has 0 fully saturated rings. The van der Waals surface area contributed by atoms with Gasteiger partial charge in [0.05, 0.1) is 13.1 Å². The molecular formula is C15H23N3O. The highest BCUT2D eigenvalue weighted by Crippen LogP contribution is 2.16. The van der Waals surface area contributed by atoms with E-state index in [9.17, 15) is 0 Å². The number of hydrogen-bond donors (Lipinski definition) is 1. The highest BCUT2D eigenvalue weighted by molar-refractivity contribution is 5.21. The second-order valence-electron chi connectivity index (χ2n) is 5.45. The lowest BCUT2D eigenvalue weighted by Gasteiger charge is -2.04. The lowest BCUT2D eigenvalue weighted by molar-refractivity contribution is 0.446. The molecule has 0 atom stereocenters. The van der Waals surface area contributed by atoms with Crippen molar-refractivity contribution in [1.82, 2.24) is 15.1 Å². The molecule has 0 saturated heterocycles. The Bertz CT molecular complexity index is 525. The zero-order chi connectivity index (χ0) is 13.8. The summed E-state index contributed by atoms with van der Waals surface area (Å²) in [6.07, 6.45) is 1.83. The molecule has 2 rings (SSSR count). The number of rotatable bonds is 6. The van der Waals surface area contributed by atoms with Crippen LogP contribution >= 0.6 is 0 Å². The van der Waals surface area contributed by atoms with Crippen molar-refractivity contribution in [1.29, 1.82) is 0 Å². The van der Waals surface area contributed by atoms with Crippen LogP contribution in [-0.2, 0) is 13.1 Å². The maximum atomic E-state index is 5.78. The minimum Gasteiger partial charge on any atom is -0.465 e. The topological polar surface area (TPSA) is 43.0 Å². The predicted octanol–water partition coefficient (Wildman–Crippen LogP) is 2.89. The molecule has 2 heterocycles. The van der Waals surface area contributed by atoms with E-state index >= 15 is 0 Å². The molecule has 0 aromatic carbocycles. The van der Waals surface area contributed by atoms with Gasteiger partial charge in [0.15, 0.2) is 0 Å². The summed E-state index contributed by atoms with van der Waals surface area (Å²) in [6.45, 7) is 11.1. The van der Waals surface area contributed by atoms with Gasteiger partial charge in [-0.25, -0.2) is 0 Å². The highest BCUT2D eigenvalue weighted by Gasteiger charge is 2.09. The number of aryl methyl sites for hydroxylation is 2. The fourth-order valence-corrected chi connectivity index (χ4v) is 2.04. The molecule has 0 aliphatic heterocycles. The molecule has 104 valence electrons. The van der Waals surface area contributed by atoms with E-state index in [1.165, 1.54) is 11.3 Å². The normalized spacial score (nSPS) is 11.4. The van der Waals surface area contributed by atoms with Gasteiger partial charge in [0.2, 0.25) is 0 Å². The van der Waals surface area contributed by atoms with Crippen molar-refractivity contribution in [3.05, 3.63) is 41.1 Å². The number of aromatic nitrogens is 2. The minimum absolute atomic E-state index is 0.655. The van der Waals surface area contributed by atoms with Gasteiger partial charge in [-0.1, -0.05) is 13.8 Å². The highest BCUT2D eigenvalue weighted by atomic mass is 16.3. The van der Waals surface area contributed by atoms with Gasteiger partial charge in [-0.15, -0.1) is 0 Å². The van der Waals surface area contributed by atoms with E-state index in [1.807, 2.05) is 23.9 Å². The molecule has 19 heavy (non-hydrogen) atoms. The van der Waals surface area contributed by atoms with Gasteiger partial charge in [0.25, 0.3) is 0 Å². The van der Waals surface area contributed by atoms with Crippen LogP contribution in [0.15, 0.2) is 22.7 Å². The average molecular weight is 261 g/mol. The Kier molecular flexibility index (Phi) is 4.43. The number of furan rings is 1. The van der Waals surface area contributed by atoms with Crippen molar-refractivity contribution in [2.45, 2.75) is 40.8 Å². The van der Waals surface area contributed by atoms with E-state index < -0.39 is 0 Å². The fraction of sp³-hybridized carbons (Fsp3) is 0.533. The lowest BCUT2D eigenvalue weighted by atomic mass is 10.2. The van der Waals surface area contributed by atoms with Crippen LogP contribution in [0.3, 0.4) is 0 Å². The van der Waals surface area contributed by atoms with Gasteiger partial charge in [-0.2, -0.15) is 5.10 Å². The molecule has 4 nitrogen and oxygen atoms in total. The average Bonchev–Trinajstić information content (AvgIpc) is 2.87. The molecule has 1 N–H and O–H groups in total. The smallest absolute Gasteiger partial charge is 0.118 e. The maximum absolute atomic E-state index is 5.78. The zero-order valence-corrected chi connectivity index (χ0v) is 12.2. The molecule has 4 heteroatoms. The van der Waals surface area contributed by atoms with E-state index in [-0.39, 0.29) is 0 Å². The Balaban J connectivity index is 1.99. The Morgan fingerprint density at radius 1 is 1.37 bits per heavy atom. The summed E-state index contributed by atoms with van der Waals surface area (Å²) < 4.78 is 7.77. The molecule has 0 bridgehead atoms. The fourth-order valence-electron chi connectivity index (χ4n) is 2.04. The second kappa shape index (κ2) is 6.06. The first kappa shape index (κ1) is 13.9. The van der Waals surface area contributed by atoms with Crippen molar-refractivity contribution < 1.29 is 4.42 Å². The van der Waals surface area contributed by atoms with Gasteiger partial charge in [-0.3, -0.25) is 4.68 Å². The van der Waals surface area contributed by atoms with Gasteiger partial charge in [-0.05, 0) is 38.4 Å². The number of nitrogens with one attached hydrogen (secondary N) is 1. The first-order valence-electron chi connectivity index (χ1n) is 6.83. The number of hydrogen-bond acceptors (Lipinski definition) is 3. The summed E-state index contributed by atoms with van der Waals surface area (Å²) in [5, 5.41) is 7.70. The Labute approximate surface area is 114 Å². The Morgan fingerprint density at radius 2 is 2.16 bits per heavy atom. The van der Waals surface area contributed by atoms with Crippen molar-refractivity contribution in [2.24, 2.45) is 5.92 Å². The maximum Gasteiger partial charge on any atom is 0.118 e. The van der Waals surface area contributed by atoms with Crippen molar-refractivity contribution in [2.75, 3.05) is 6.54 Å². The molecule has 0 aliphatic carbocycles. The van der Waals surface area contributed by atoms with Gasteiger partial charge in [0.1, 0.15) is 11.5 Å². The van der Waals surface area contributed by atoms with Gasteiger partial charge >= 0.3 is 0 Å². The summed E-state index contributed by atoms with van der Waals surface area (Å²) >= 11 is 0. The molecule has 0 aliphatic rings. The lowest BCUT2D eigenvalue weighted by Crippen LogP contribution is -2.18. The molecule has 0 radical (unpaired) electrons. The molecular weight excluding hydrogens is 238 g/mol. The molecule has 0 spiro atoms. The van der Waals surface area contributed by atoms with Crippen LogP contribution in [0.25, 0.3) is 0 Å². The van der Waals surface area contributed by atoms with Gasteiger partial charge < -0.3 is 9.73 Å². The van der Waals surface area contributed by atoms with E-state index in [2.05, 4.69) is 37.3 Å². The van der Waals surface area contributed by atoms with E-state index in [1.54, 1.807) is 0 Å². The predicted molar refractivity (Wildman–Crippen MR) is 76.1 cm³/mol. The summed E-state index contributed by atoms with van der Waals surface area (Å²) in [4.78, 5) is 0. The van der Waals surface area contributed by atoms with Gasteiger partial charge in [0, 0.05) is 17.5 Å².